The summed E-state index contributed by atoms with van der Waals surface area (Å²) in [5.74, 6) is 0. The van der Waals surface area contributed by atoms with Crippen molar-refractivity contribution in [2.24, 2.45) is 0 Å². The Balaban J connectivity index is 1.98. The maximum absolute atomic E-state index is 13.2. The van der Waals surface area contributed by atoms with Crippen LogP contribution in [0.2, 0.25) is 0 Å². The van der Waals surface area contributed by atoms with Crippen LogP contribution >= 0.6 is 0 Å². The number of nitrogens with zero attached hydrogens (tertiary/aromatic N) is 2. The molecule has 1 aliphatic carbocycles. The minimum Gasteiger partial charge on any atom is -0.449 e. The second-order valence-corrected chi connectivity index (χ2v) is 7.97. The van der Waals surface area contributed by atoms with E-state index in [0.29, 0.717) is 12.0 Å². The lowest BCUT2D eigenvalue weighted by Gasteiger charge is -2.11. The van der Waals surface area contributed by atoms with Gasteiger partial charge in [0, 0.05) is 0 Å². The van der Waals surface area contributed by atoms with Gasteiger partial charge in [-0.3, -0.25) is 0 Å². The molecule has 1 aromatic carbocycles. The highest BCUT2D eigenvalue weighted by Crippen LogP contribution is 2.33. The van der Waals surface area contributed by atoms with Crippen molar-refractivity contribution in [1.29, 1.82) is 0 Å². The van der Waals surface area contributed by atoms with Crippen molar-refractivity contribution in [3.63, 3.8) is 0 Å². The van der Waals surface area contributed by atoms with E-state index < -0.39 is 28.0 Å². The largest absolute Gasteiger partial charge is 0.449 e. The van der Waals surface area contributed by atoms with Gasteiger partial charge in [0.2, 0.25) is 0 Å². The van der Waals surface area contributed by atoms with E-state index in [4.69, 9.17) is 0 Å². The van der Waals surface area contributed by atoms with Crippen LogP contribution in [0.3, 0.4) is 0 Å². The maximum Gasteiger partial charge on any atom is 0.435 e. The molecular weight excluding hydrogens is 423 g/mol. The molecule has 2 aromatic rings. The molecular formula is C19H18F3N3O4S. The summed E-state index contributed by atoms with van der Waals surface area (Å²) in [5.41, 5.74) is -0.00281. The van der Waals surface area contributed by atoms with E-state index in [9.17, 15) is 26.4 Å². The molecule has 0 atom stereocenters. The van der Waals surface area contributed by atoms with Gasteiger partial charge in [0.15, 0.2) is 5.69 Å². The van der Waals surface area contributed by atoms with Crippen molar-refractivity contribution in [2.45, 2.75) is 30.8 Å². The molecule has 160 valence electrons. The molecule has 0 bridgehead atoms. The van der Waals surface area contributed by atoms with Gasteiger partial charge in [0.05, 0.1) is 22.9 Å². The highest BCUT2D eigenvalue weighted by Gasteiger charge is 2.35. The molecule has 1 aromatic heterocycles. The van der Waals surface area contributed by atoms with Gasteiger partial charge in [-0.25, -0.2) is 22.6 Å². The fraction of sp³-hybridized carbons (Fsp3) is 0.263. The zero-order chi connectivity index (χ0) is 21.9. The Kier molecular flexibility index (Phi) is 6.01. The number of alkyl halides is 3. The molecule has 30 heavy (non-hydrogen) atoms. The normalized spacial score (nSPS) is 14.3. The van der Waals surface area contributed by atoms with Crippen LogP contribution in [0.5, 0.6) is 0 Å². The van der Waals surface area contributed by atoms with Crippen molar-refractivity contribution >= 4 is 21.7 Å². The average Bonchev–Trinajstić information content (AvgIpc) is 3.14. The smallest absolute Gasteiger partial charge is 0.435 e. The average molecular weight is 441 g/mol. The number of benzene rings is 1. The number of nitrogens with one attached hydrogen (secondary N) is 1. The quantitative estimate of drug-likeness (QED) is 0.756. The van der Waals surface area contributed by atoms with Gasteiger partial charge in [0.1, 0.15) is 0 Å². The van der Waals surface area contributed by atoms with E-state index in [1.54, 1.807) is 10.8 Å². The minimum atomic E-state index is -4.63. The predicted molar refractivity (Wildman–Crippen MR) is 102 cm³/mol. The van der Waals surface area contributed by atoms with Crippen molar-refractivity contribution in [2.75, 3.05) is 6.61 Å². The van der Waals surface area contributed by atoms with Crippen molar-refractivity contribution in [3.05, 3.63) is 59.9 Å². The van der Waals surface area contributed by atoms with Crippen molar-refractivity contribution in [1.82, 2.24) is 14.5 Å². The van der Waals surface area contributed by atoms with E-state index in [1.165, 1.54) is 31.2 Å². The summed E-state index contributed by atoms with van der Waals surface area (Å²) in [5, 5.41) is 3.67. The maximum atomic E-state index is 13.2. The number of sulfonamides is 1. The molecule has 7 nitrogen and oxygen atoms in total. The van der Waals surface area contributed by atoms with Crippen LogP contribution in [0.4, 0.5) is 18.0 Å². The van der Waals surface area contributed by atoms with Gasteiger partial charge in [-0.15, -0.1) is 0 Å². The third-order valence-corrected chi connectivity index (χ3v) is 5.50. The van der Waals surface area contributed by atoms with Crippen LogP contribution in [-0.4, -0.2) is 30.9 Å². The Labute approximate surface area is 170 Å². The Bertz CT molecular complexity index is 1100. The lowest BCUT2D eigenvalue weighted by atomic mass is 10.0. The lowest BCUT2D eigenvalue weighted by molar-refractivity contribution is -0.141. The number of ether oxygens (including phenoxy) is 1. The van der Waals surface area contributed by atoms with Gasteiger partial charge in [-0.05, 0) is 55.7 Å². The second-order valence-electron chi connectivity index (χ2n) is 6.28. The summed E-state index contributed by atoms with van der Waals surface area (Å²) in [6, 6.07) is 5.91. The standard InChI is InChI=1S/C19H18F3N3O4S/c1-2-29-18(26)24-30(27,28)15-10-8-14(9-11-15)25-16(13-6-4-3-5-7-13)12-17(23-25)19(20,21)22/h4,6-12H,2-3,5H2,1H3,(H,24,26). The summed E-state index contributed by atoms with van der Waals surface area (Å²) >= 11 is 0. The molecule has 0 fully saturated rings. The van der Waals surface area contributed by atoms with Gasteiger partial charge in [-0.2, -0.15) is 18.3 Å². The number of halogens is 3. The van der Waals surface area contributed by atoms with Gasteiger partial charge in [0.25, 0.3) is 10.0 Å². The van der Waals surface area contributed by atoms with E-state index in [2.05, 4.69) is 9.84 Å². The molecule has 11 heteroatoms. The number of rotatable bonds is 5. The molecule has 1 aliphatic rings. The van der Waals surface area contributed by atoms with E-state index in [-0.39, 0.29) is 22.9 Å². The highest BCUT2D eigenvalue weighted by molar-refractivity contribution is 7.90. The first-order valence-corrected chi connectivity index (χ1v) is 10.4. The van der Waals surface area contributed by atoms with E-state index >= 15 is 0 Å². The van der Waals surface area contributed by atoms with Crippen LogP contribution in [0, 0.1) is 0 Å². The molecule has 0 spiro atoms. The Morgan fingerprint density at radius 3 is 2.50 bits per heavy atom. The van der Waals surface area contributed by atoms with Crippen LogP contribution in [-0.2, 0) is 20.9 Å². The molecule has 1 amide bonds. The molecule has 0 radical (unpaired) electrons. The summed E-state index contributed by atoms with van der Waals surface area (Å²) in [6.07, 6.45) is 1.12. The van der Waals surface area contributed by atoms with Gasteiger partial charge < -0.3 is 4.74 Å². The Morgan fingerprint density at radius 1 is 1.23 bits per heavy atom. The minimum absolute atomic E-state index is 0.00575. The topological polar surface area (TPSA) is 90.3 Å². The number of amides is 1. The molecule has 3 rings (SSSR count). The number of aromatic nitrogens is 2. The third-order valence-electron chi connectivity index (χ3n) is 4.18. The predicted octanol–water partition coefficient (Wildman–Crippen LogP) is 4.06. The molecule has 1 N–H and O–H groups in total. The summed E-state index contributed by atoms with van der Waals surface area (Å²) in [4.78, 5) is 11.1. The van der Waals surface area contributed by atoms with Gasteiger partial charge >= 0.3 is 12.3 Å². The van der Waals surface area contributed by atoms with E-state index in [0.717, 1.165) is 17.2 Å². The van der Waals surface area contributed by atoms with Crippen LogP contribution in [0.15, 0.2) is 53.5 Å². The van der Waals surface area contributed by atoms with Crippen molar-refractivity contribution < 1.29 is 31.1 Å². The number of carbonyl (C=O) groups excluding carboxylic acids is 1. The summed E-state index contributed by atoms with van der Waals surface area (Å²) in [6.45, 7) is 1.52. The first-order chi connectivity index (χ1) is 14.1. The number of carbonyl (C=O) groups is 1. The number of hydrogen-bond donors (Lipinski definition) is 1. The zero-order valence-corrected chi connectivity index (χ0v) is 16.6. The number of hydrogen-bond acceptors (Lipinski definition) is 5. The second kappa shape index (κ2) is 8.34. The van der Waals surface area contributed by atoms with Crippen LogP contribution < -0.4 is 4.72 Å². The Morgan fingerprint density at radius 2 is 1.93 bits per heavy atom. The monoisotopic (exact) mass is 441 g/mol. The molecule has 0 unspecified atom stereocenters. The SMILES string of the molecule is CCOC(=O)NS(=O)(=O)c1ccc(-n2nc(C(F)(F)F)cc2C2=CCCC=C2)cc1. The molecule has 0 aliphatic heterocycles. The molecule has 0 saturated heterocycles. The summed E-state index contributed by atoms with van der Waals surface area (Å²) < 4.78 is 71.5. The lowest BCUT2D eigenvalue weighted by Crippen LogP contribution is -2.31. The molecule has 0 saturated carbocycles. The first kappa shape index (κ1) is 21.6. The fourth-order valence-corrected chi connectivity index (χ4v) is 3.71. The zero-order valence-electron chi connectivity index (χ0n) is 15.8. The Hall–Kier alpha value is -3.08. The van der Waals surface area contributed by atoms with Gasteiger partial charge in [-0.1, -0.05) is 18.2 Å². The highest BCUT2D eigenvalue weighted by atomic mass is 32.2. The van der Waals surface area contributed by atoms with Crippen molar-refractivity contribution in [3.8, 4) is 5.69 Å². The van der Waals surface area contributed by atoms with Crippen LogP contribution in [0.25, 0.3) is 11.3 Å². The van der Waals surface area contributed by atoms with Crippen LogP contribution in [0.1, 0.15) is 31.2 Å². The number of allylic oxidation sites excluding steroid dienone is 4. The molecule has 1 heterocycles. The fourth-order valence-electron chi connectivity index (χ4n) is 2.82. The third kappa shape index (κ3) is 4.73. The first-order valence-electron chi connectivity index (χ1n) is 8.96. The summed E-state index contributed by atoms with van der Waals surface area (Å²) in [7, 11) is -4.19. The van der Waals surface area contributed by atoms with E-state index in [1.807, 2.05) is 12.2 Å².